The number of nitrogens with zero attached hydrogens (tertiary/aromatic N) is 1. The van der Waals surface area contributed by atoms with Gasteiger partial charge in [0, 0.05) is 6.04 Å². The Morgan fingerprint density at radius 1 is 1.20 bits per heavy atom. The molecule has 2 fully saturated rings. The molecule has 1 aliphatic heterocycles. The monoisotopic (exact) mass is 280 g/mol. The van der Waals surface area contributed by atoms with Crippen LogP contribution in [-0.2, 0) is 4.79 Å². The molecule has 0 aromatic carbocycles. The van der Waals surface area contributed by atoms with Crippen LogP contribution < -0.4 is 5.32 Å². The van der Waals surface area contributed by atoms with Gasteiger partial charge in [-0.3, -0.25) is 10.1 Å². The molecule has 1 saturated carbocycles. The number of unbranched alkanes of at least 4 members (excludes halogenated alkanes) is 1. The fourth-order valence-electron chi connectivity index (χ4n) is 3.93. The molecule has 0 radical (unpaired) electrons. The molecule has 116 valence electrons. The molecule has 4 unspecified atom stereocenters. The van der Waals surface area contributed by atoms with Gasteiger partial charge in [0.1, 0.15) is 0 Å². The van der Waals surface area contributed by atoms with Crippen LogP contribution in [0.15, 0.2) is 0 Å². The summed E-state index contributed by atoms with van der Waals surface area (Å²) in [5.74, 6) is 1.03. The maximum atomic E-state index is 12.8. The Morgan fingerprint density at radius 3 is 2.65 bits per heavy atom. The van der Waals surface area contributed by atoms with Gasteiger partial charge in [-0.05, 0) is 31.6 Å². The van der Waals surface area contributed by atoms with E-state index in [0.717, 1.165) is 19.3 Å². The molecule has 20 heavy (non-hydrogen) atoms. The number of rotatable bonds is 5. The van der Waals surface area contributed by atoms with Crippen LogP contribution in [0, 0.1) is 5.92 Å². The molecule has 2 rings (SSSR count). The van der Waals surface area contributed by atoms with Crippen LogP contribution in [0.1, 0.15) is 78.6 Å². The first-order chi connectivity index (χ1) is 9.69. The molecule has 2 aliphatic rings. The second kappa shape index (κ2) is 7.44. The van der Waals surface area contributed by atoms with Gasteiger partial charge in [0.05, 0.1) is 12.2 Å². The summed E-state index contributed by atoms with van der Waals surface area (Å²) in [5.41, 5.74) is 0. The van der Waals surface area contributed by atoms with Crippen LogP contribution in [0.5, 0.6) is 0 Å². The molecule has 0 aromatic rings. The fourth-order valence-corrected chi connectivity index (χ4v) is 3.93. The Kier molecular flexibility index (Phi) is 5.88. The van der Waals surface area contributed by atoms with Crippen LogP contribution >= 0.6 is 0 Å². The van der Waals surface area contributed by atoms with E-state index in [1.54, 1.807) is 0 Å². The van der Waals surface area contributed by atoms with Crippen molar-refractivity contribution in [1.82, 2.24) is 10.2 Å². The van der Waals surface area contributed by atoms with Gasteiger partial charge in [0.25, 0.3) is 0 Å². The quantitative estimate of drug-likeness (QED) is 0.779. The lowest BCUT2D eigenvalue weighted by molar-refractivity contribution is -0.133. The molecular weight excluding hydrogens is 248 g/mol. The smallest absolute Gasteiger partial charge is 0.241 e. The molecule has 3 nitrogen and oxygen atoms in total. The fraction of sp³-hybridized carbons (Fsp3) is 0.941. The van der Waals surface area contributed by atoms with Crippen molar-refractivity contribution in [2.45, 2.75) is 96.8 Å². The molecule has 1 saturated heterocycles. The summed E-state index contributed by atoms with van der Waals surface area (Å²) in [6, 6.07) is 0.546. The van der Waals surface area contributed by atoms with E-state index < -0.39 is 0 Å². The first kappa shape index (κ1) is 15.8. The predicted molar refractivity (Wildman–Crippen MR) is 83.4 cm³/mol. The Labute approximate surface area is 124 Å². The van der Waals surface area contributed by atoms with Crippen molar-refractivity contribution in [3.8, 4) is 0 Å². The molecule has 1 aliphatic carbocycles. The third kappa shape index (κ3) is 3.36. The standard InChI is InChI=1S/C17H32N2O/c1-4-6-11-14-17(20)19(16(5-2)18-14)15-12-9-7-8-10-13(15)3/h13-16,18H,4-12H2,1-3H3. The molecule has 0 bridgehead atoms. The number of nitrogens with one attached hydrogen (secondary N) is 1. The number of hydrogen-bond acceptors (Lipinski definition) is 2. The highest BCUT2D eigenvalue weighted by molar-refractivity contribution is 5.84. The van der Waals surface area contributed by atoms with Gasteiger partial charge in [0.15, 0.2) is 0 Å². The zero-order valence-corrected chi connectivity index (χ0v) is 13.5. The first-order valence-corrected chi connectivity index (χ1v) is 8.77. The van der Waals surface area contributed by atoms with E-state index in [1.807, 2.05) is 0 Å². The minimum Gasteiger partial charge on any atom is -0.323 e. The number of carbonyl (C=O) groups is 1. The third-order valence-corrected chi connectivity index (χ3v) is 5.19. The average molecular weight is 280 g/mol. The highest BCUT2D eigenvalue weighted by atomic mass is 16.2. The van der Waals surface area contributed by atoms with Gasteiger partial charge in [-0.15, -0.1) is 0 Å². The van der Waals surface area contributed by atoms with Crippen LogP contribution in [0.4, 0.5) is 0 Å². The van der Waals surface area contributed by atoms with Crippen LogP contribution in [0.2, 0.25) is 0 Å². The number of hydrogen-bond donors (Lipinski definition) is 1. The van der Waals surface area contributed by atoms with Crippen molar-refractivity contribution in [3.63, 3.8) is 0 Å². The van der Waals surface area contributed by atoms with Crippen LogP contribution in [-0.4, -0.2) is 29.1 Å². The van der Waals surface area contributed by atoms with E-state index in [9.17, 15) is 4.79 Å². The predicted octanol–water partition coefficient (Wildman–Crippen LogP) is 3.68. The molecule has 4 atom stereocenters. The Balaban J connectivity index is 2.08. The summed E-state index contributed by atoms with van der Waals surface area (Å²) in [6.45, 7) is 6.73. The van der Waals surface area contributed by atoms with Gasteiger partial charge in [-0.1, -0.05) is 52.9 Å². The first-order valence-electron chi connectivity index (χ1n) is 8.77. The SMILES string of the molecule is CCCCC1NC(CC)N(C2CCCCCC2C)C1=O. The molecule has 1 N–H and O–H groups in total. The van der Waals surface area contributed by atoms with Crippen molar-refractivity contribution in [1.29, 1.82) is 0 Å². The highest BCUT2D eigenvalue weighted by Crippen LogP contribution is 2.31. The molecule has 1 amide bonds. The molecule has 3 heteroatoms. The molecular formula is C17H32N2O. The summed E-state index contributed by atoms with van der Waals surface area (Å²) in [5, 5.41) is 3.59. The summed E-state index contributed by atoms with van der Waals surface area (Å²) < 4.78 is 0. The maximum Gasteiger partial charge on any atom is 0.241 e. The Morgan fingerprint density at radius 2 is 1.95 bits per heavy atom. The van der Waals surface area contributed by atoms with Crippen molar-refractivity contribution < 1.29 is 4.79 Å². The average Bonchev–Trinajstić information content (AvgIpc) is 2.61. The second-order valence-corrected chi connectivity index (χ2v) is 6.71. The van der Waals surface area contributed by atoms with Crippen LogP contribution in [0.3, 0.4) is 0 Å². The van der Waals surface area contributed by atoms with E-state index in [4.69, 9.17) is 0 Å². The second-order valence-electron chi connectivity index (χ2n) is 6.71. The van der Waals surface area contributed by atoms with Crippen LogP contribution in [0.25, 0.3) is 0 Å². The van der Waals surface area contributed by atoms with Gasteiger partial charge in [0.2, 0.25) is 5.91 Å². The molecule has 0 aromatic heterocycles. The van der Waals surface area contributed by atoms with Crippen molar-refractivity contribution in [3.05, 3.63) is 0 Å². The summed E-state index contributed by atoms with van der Waals surface area (Å²) in [4.78, 5) is 15.0. The summed E-state index contributed by atoms with van der Waals surface area (Å²) in [6.07, 6.45) is 11.1. The minimum absolute atomic E-state index is 0.0790. The topological polar surface area (TPSA) is 32.3 Å². The van der Waals surface area contributed by atoms with Crippen molar-refractivity contribution >= 4 is 5.91 Å². The van der Waals surface area contributed by atoms with Crippen molar-refractivity contribution in [2.24, 2.45) is 5.92 Å². The van der Waals surface area contributed by atoms with E-state index in [0.29, 0.717) is 17.9 Å². The maximum absolute atomic E-state index is 12.8. The lowest BCUT2D eigenvalue weighted by Gasteiger charge is -2.35. The summed E-state index contributed by atoms with van der Waals surface area (Å²) in [7, 11) is 0. The van der Waals surface area contributed by atoms with E-state index in [-0.39, 0.29) is 12.2 Å². The van der Waals surface area contributed by atoms with Gasteiger partial charge in [-0.25, -0.2) is 0 Å². The largest absolute Gasteiger partial charge is 0.323 e. The Bertz CT molecular complexity index is 318. The molecule has 0 spiro atoms. The highest BCUT2D eigenvalue weighted by Gasteiger charge is 2.42. The normalized spacial score (nSPS) is 35.4. The lowest BCUT2D eigenvalue weighted by atomic mass is 9.94. The Hall–Kier alpha value is -0.570. The number of carbonyl (C=O) groups excluding carboxylic acids is 1. The number of amides is 1. The molecule has 1 heterocycles. The van der Waals surface area contributed by atoms with E-state index in [2.05, 4.69) is 31.0 Å². The van der Waals surface area contributed by atoms with Gasteiger partial charge >= 0.3 is 0 Å². The minimum atomic E-state index is 0.0790. The lowest BCUT2D eigenvalue weighted by Crippen LogP contribution is -2.47. The van der Waals surface area contributed by atoms with E-state index >= 15 is 0 Å². The van der Waals surface area contributed by atoms with Gasteiger partial charge < -0.3 is 4.90 Å². The third-order valence-electron chi connectivity index (χ3n) is 5.19. The summed E-state index contributed by atoms with van der Waals surface area (Å²) >= 11 is 0. The van der Waals surface area contributed by atoms with Gasteiger partial charge in [-0.2, -0.15) is 0 Å². The van der Waals surface area contributed by atoms with Crippen molar-refractivity contribution in [2.75, 3.05) is 0 Å². The van der Waals surface area contributed by atoms with E-state index in [1.165, 1.54) is 38.5 Å². The zero-order chi connectivity index (χ0) is 14.5. The zero-order valence-electron chi connectivity index (χ0n) is 13.5.